The van der Waals surface area contributed by atoms with Crippen molar-refractivity contribution in [3.05, 3.63) is 272 Å². The zero-order chi connectivity index (χ0) is 44.8. The van der Waals surface area contributed by atoms with Crippen molar-refractivity contribution in [2.24, 2.45) is 0 Å². The first-order valence-electron chi connectivity index (χ1n) is 21.9. The maximum Gasteiger partial charge on any atom is 0.0464 e. The van der Waals surface area contributed by atoms with Crippen molar-refractivity contribution in [2.45, 2.75) is 41.0 Å². The Bertz CT molecular complexity index is 2760. The van der Waals surface area contributed by atoms with Gasteiger partial charge in [0.05, 0.1) is 0 Å². The number of para-hydroxylation sites is 1. The molecular weight excluding hydrogens is 777 g/mol. The molecule has 4 nitrogen and oxygen atoms in total. The predicted molar refractivity (Wildman–Crippen MR) is 278 cm³/mol. The molecule has 0 amide bonds. The van der Waals surface area contributed by atoms with Gasteiger partial charge in [-0.25, -0.2) is 0 Å². The number of benzene rings is 6. The molecule has 4 heteroatoms. The second-order valence-corrected chi connectivity index (χ2v) is 15.9. The SMILES string of the molecule is C=C/C(=C\C=C/C)N(/C(C)=C/C=C\C(=C)C)c1ccc(N(c2ccc(N(C3=CC=CCC=C3)c3cccc(C)c3)cc2)c2ccc(N(c3ccccc3)c3cccc(C)c3)cc2)cc1. The number of rotatable bonds is 16. The van der Waals surface area contributed by atoms with Crippen molar-refractivity contribution in [3.63, 3.8) is 0 Å². The average molecular weight is 835 g/mol. The van der Waals surface area contributed by atoms with Gasteiger partial charge in [-0.1, -0.05) is 104 Å². The van der Waals surface area contributed by atoms with E-state index in [2.05, 4.69) is 248 Å². The molecule has 0 heterocycles. The zero-order valence-corrected chi connectivity index (χ0v) is 37.8. The molecule has 64 heavy (non-hydrogen) atoms. The summed E-state index contributed by atoms with van der Waals surface area (Å²) in [6, 6.07) is 54.5. The number of allylic oxidation sites excluding steroid dienone is 14. The summed E-state index contributed by atoms with van der Waals surface area (Å²) in [5.74, 6) is 0. The Morgan fingerprint density at radius 1 is 0.531 bits per heavy atom. The lowest BCUT2D eigenvalue weighted by Crippen LogP contribution is -2.19. The van der Waals surface area contributed by atoms with Crippen molar-refractivity contribution in [1.82, 2.24) is 0 Å². The second-order valence-electron chi connectivity index (χ2n) is 15.9. The Morgan fingerprint density at radius 3 is 1.53 bits per heavy atom. The Hall–Kier alpha value is -7.82. The summed E-state index contributed by atoms with van der Waals surface area (Å²) < 4.78 is 0. The summed E-state index contributed by atoms with van der Waals surface area (Å²) in [5.41, 5.74) is 16.1. The lowest BCUT2D eigenvalue weighted by molar-refractivity contribution is 1.10. The van der Waals surface area contributed by atoms with Gasteiger partial charge in [-0.3, -0.25) is 0 Å². The number of aryl methyl sites for hydroxylation is 2. The highest BCUT2D eigenvalue weighted by Gasteiger charge is 2.20. The average Bonchev–Trinajstić information content (AvgIpc) is 3.59. The monoisotopic (exact) mass is 834 g/mol. The Morgan fingerprint density at radius 2 is 1.02 bits per heavy atom. The van der Waals surface area contributed by atoms with E-state index in [0.29, 0.717) is 0 Å². The molecule has 0 saturated carbocycles. The fourth-order valence-corrected chi connectivity index (χ4v) is 7.83. The minimum absolute atomic E-state index is 0.905. The van der Waals surface area contributed by atoms with Crippen LogP contribution in [0.2, 0.25) is 0 Å². The topological polar surface area (TPSA) is 13.0 Å². The second kappa shape index (κ2) is 21.3. The number of hydrogen-bond acceptors (Lipinski definition) is 4. The summed E-state index contributed by atoms with van der Waals surface area (Å²) in [4.78, 5) is 9.19. The third kappa shape index (κ3) is 10.8. The van der Waals surface area contributed by atoms with Crippen LogP contribution in [0.25, 0.3) is 0 Å². The minimum Gasteiger partial charge on any atom is -0.315 e. The van der Waals surface area contributed by atoms with Crippen molar-refractivity contribution >= 4 is 51.2 Å². The first kappa shape index (κ1) is 44.2. The molecule has 1 aliphatic carbocycles. The molecule has 0 saturated heterocycles. The van der Waals surface area contributed by atoms with Gasteiger partial charge in [0.1, 0.15) is 0 Å². The van der Waals surface area contributed by atoms with E-state index in [9.17, 15) is 0 Å². The van der Waals surface area contributed by atoms with Gasteiger partial charge in [-0.05, 0) is 192 Å². The molecule has 0 fully saturated rings. The van der Waals surface area contributed by atoms with E-state index in [1.807, 2.05) is 44.2 Å². The maximum atomic E-state index is 4.19. The minimum atomic E-state index is 0.905. The highest BCUT2D eigenvalue weighted by molar-refractivity contribution is 5.83. The highest BCUT2D eigenvalue weighted by atomic mass is 15.2. The first-order valence-corrected chi connectivity index (χ1v) is 21.9. The van der Waals surface area contributed by atoms with Crippen molar-refractivity contribution < 1.29 is 0 Å². The Balaban J connectivity index is 1.34. The molecule has 0 bridgehead atoms. The molecule has 0 unspecified atom stereocenters. The summed E-state index contributed by atoms with van der Waals surface area (Å²) in [7, 11) is 0. The zero-order valence-electron chi connectivity index (χ0n) is 37.8. The molecule has 0 N–H and O–H groups in total. The van der Waals surface area contributed by atoms with E-state index < -0.39 is 0 Å². The highest BCUT2D eigenvalue weighted by Crippen LogP contribution is 2.41. The summed E-state index contributed by atoms with van der Waals surface area (Å²) in [6.07, 6.45) is 26.1. The van der Waals surface area contributed by atoms with Gasteiger partial charge in [-0.2, -0.15) is 0 Å². The molecule has 6 aromatic carbocycles. The molecule has 1 aliphatic rings. The van der Waals surface area contributed by atoms with Gasteiger partial charge in [0.25, 0.3) is 0 Å². The van der Waals surface area contributed by atoms with Gasteiger partial charge in [-0.15, -0.1) is 0 Å². The third-order valence-corrected chi connectivity index (χ3v) is 10.9. The van der Waals surface area contributed by atoms with Crippen molar-refractivity contribution in [3.8, 4) is 0 Å². The maximum absolute atomic E-state index is 4.19. The molecule has 6 aromatic rings. The number of nitrogens with zero attached hydrogens (tertiary/aromatic N) is 4. The lowest BCUT2D eigenvalue weighted by Gasteiger charge is -2.31. The van der Waals surface area contributed by atoms with Crippen LogP contribution in [0.1, 0.15) is 38.3 Å². The van der Waals surface area contributed by atoms with Crippen LogP contribution in [0.15, 0.2) is 260 Å². The molecule has 0 aromatic heterocycles. The van der Waals surface area contributed by atoms with Crippen LogP contribution in [0, 0.1) is 13.8 Å². The quantitative estimate of drug-likeness (QED) is 0.0901. The van der Waals surface area contributed by atoms with E-state index >= 15 is 0 Å². The van der Waals surface area contributed by atoms with Crippen molar-refractivity contribution in [1.29, 1.82) is 0 Å². The van der Waals surface area contributed by atoms with Gasteiger partial charge < -0.3 is 19.6 Å². The molecule has 0 aliphatic heterocycles. The fraction of sp³-hybridized carbons (Fsp3) is 0.100. The third-order valence-electron chi connectivity index (χ3n) is 10.9. The molecule has 0 radical (unpaired) electrons. The Labute approximate surface area is 381 Å². The van der Waals surface area contributed by atoms with Crippen LogP contribution in [-0.2, 0) is 0 Å². The summed E-state index contributed by atoms with van der Waals surface area (Å²) in [5, 5.41) is 0. The van der Waals surface area contributed by atoms with E-state index in [4.69, 9.17) is 0 Å². The lowest BCUT2D eigenvalue weighted by atomic mass is 10.1. The molecule has 7 rings (SSSR count). The van der Waals surface area contributed by atoms with Gasteiger partial charge in [0.2, 0.25) is 0 Å². The van der Waals surface area contributed by atoms with E-state index in [1.54, 1.807) is 0 Å². The van der Waals surface area contributed by atoms with Gasteiger partial charge in [0.15, 0.2) is 0 Å². The smallest absolute Gasteiger partial charge is 0.0464 e. The molecular formula is C60H58N4. The first-order chi connectivity index (χ1) is 31.2. The van der Waals surface area contributed by atoms with E-state index in [-0.39, 0.29) is 0 Å². The number of hydrogen-bond donors (Lipinski definition) is 0. The molecule has 0 atom stereocenters. The van der Waals surface area contributed by atoms with Crippen LogP contribution >= 0.6 is 0 Å². The summed E-state index contributed by atoms with van der Waals surface area (Å²) in [6.45, 7) is 18.6. The van der Waals surface area contributed by atoms with Crippen LogP contribution in [-0.4, -0.2) is 0 Å². The number of anilines is 9. The Kier molecular flexibility index (Phi) is 14.7. The van der Waals surface area contributed by atoms with Crippen molar-refractivity contribution in [2.75, 3.05) is 19.6 Å². The van der Waals surface area contributed by atoms with Crippen LogP contribution in [0.3, 0.4) is 0 Å². The standard InChI is InChI=1S/C60H58N4/c1-8-10-25-50(9-2)61(49(7)24-18-21-46(3)4)53-32-34-54(35-33-53)62(56-38-42-58(43-39-56)64(52-28-16-13-17-29-52)60-31-20-23-48(6)45-60)55-36-40-57(41-37-55)63(51-26-14-11-12-15-27-51)59-30-19-22-47(5)44-59/h8-11,13-45H,2-3,12H2,1,4-7H3/b10-8-,21-18-,49-24+,50-25+. The predicted octanol–water partition coefficient (Wildman–Crippen LogP) is 17.3. The van der Waals surface area contributed by atoms with Gasteiger partial charge >= 0.3 is 0 Å². The normalized spacial score (nSPS) is 12.9. The fourth-order valence-electron chi connectivity index (χ4n) is 7.83. The molecule has 0 spiro atoms. The van der Waals surface area contributed by atoms with E-state index in [1.165, 1.54) is 11.1 Å². The largest absolute Gasteiger partial charge is 0.315 e. The van der Waals surface area contributed by atoms with Crippen LogP contribution < -0.4 is 19.6 Å². The molecule has 318 valence electrons. The van der Waals surface area contributed by atoms with Gasteiger partial charge in [0, 0.05) is 68.3 Å². The summed E-state index contributed by atoms with van der Waals surface area (Å²) >= 11 is 0. The van der Waals surface area contributed by atoms with E-state index in [0.717, 1.165) is 80.3 Å². The van der Waals surface area contributed by atoms with Crippen LogP contribution in [0.4, 0.5) is 51.2 Å². The van der Waals surface area contributed by atoms with Crippen LogP contribution in [0.5, 0.6) is 0 Å².